The van der Waals surface area contributed by atoms with Crippen molar-refractivity contribution < 1.29 is 21.6 Å². The summed E-state index contributed by atoms with van der Waals surface area (Å²) in [6, 6.07) is 11.7. The zero-order valence-corrected chi connectivity index (χ0v) is 20.1. The number of aryl methyl sites for hydroxylation is 2. The number of hydrogen-bond acceptors (Lipinski definition) is 5. The fourth-order valence-electron chi connectivity index (χ4n) is 3.70. The van der Waals surface area contributed by atoms with Gasteiger partial charge in [-0.15, -0.1) is 0 Å². The molecule has 1 aliphatic rings. The molecule has 1 aliphatic heterocycles. The molecule has 0 saturated carbocycles. The van der Waals surface area contributed by atoms with Gasteiger partial charge in [-0.25, -0.2) is 16.8 Å². The number of carbonyl (C=O) groups is 1. The third-order valence-electron chi connectivity index (χ3n) is 5.58. The largest absolute Gasteiger partial charge is 0.326 e. The first-order valence-electron chi connectivity index (χ1n) is 10.5. The van der Waals surface area contributed by atoms with E-state index in [1.54, 1.807) is 50.2 Å². The minimum absolute atomic E-state index is 0.0244. The highest BCUT2D eigenvalue weighted by Crippen LogP contribution is 2.27. The lowest BCUT2D eigenvalue weighted by Crippen LogP contribution is -2.41. The van der Waals surface area contributed by atoms with Gasteiger partial charge in [0.1, 0.15) is 0 Å². The quantitative estimate of drug-likeness (QED) is 0.634. The van der Waals surface area contributed by atoms with Gasteiger partial charge < -0.3 is 5.32 Å². The molecule has 1 fully saturated rings. The molecule has 0 bridgehead atoms. The van der Waals surface area contributed by atoms with Gasteiger partial charge in [-0.05, 0) is 69.5 Å². The summed E-state index contributed by atoms with van der Waals surface area (Å²) < 4.78 is 53.2. The summed E-state index contributed by atoms with van der Waals surface area (Å²) in [7, 11) is -6.95. The van der Waals surface area contributed by atoms with E-state index in [4.69, 9.17) is 0 Å². The number of anilines is 2. The maximum atomic E-state index is 13.0. The van der Waals surface area contributed by atoms with Crippen LogP contribution >= 0.6 is 0 Å². The van der Waals surface area contributed by atoms with Gasteiger partial charge in [0.2, 0.25) is 26.0 Å². The molecule has 174 valence electrons. The van der Waals surface area contributed by atoms with E-state index in [1.807, 2.05) is 13.0 Å². The van der Waals surface area contributed by atoms with Gasteiger partial charge in [0.25, 0.3) is 0 Å². The fraction of sp³-hybridized carbons (Fsp3) is 0.409. The third kappa shape index (κ3) is 5.67. The Morgan fingerprint density at radius 3 is 2.12 bits per heavy atom. The number of piperidine rings is 1. The van der Waals surface area contributed by atoms with Crippen LogP contribution in [0.3, 0.4) is 0 Å². The molecule has 2 N–H and O–H groups in total. The van der Waals surface area contributed by atoms with E-state index >= 15 is 0 Å². The molecule has 0 spiro atoms. The smallest absolute Gasteiger partial charge is 0.243 e. The van der Waals surface area contributed by atoms with Crippen LogP contribution in [0.2, 0.25) is 0 Å². The predicted octanol–water partition coefficient (Wildman–Crippen LogP) is 3.10. The Labute approximate surface area is 190 Å². The third-order valence-corrected chi connectivity index (χ3v) is 8.94. The molecule has 0 radical (unpaired) electrons. The average molecular weight is 480 g/mol. The van der Waals surface area contributed by atoms with Crippen LogP contribution in [-0.2, 0) is 24.8 Å². The zero-order valence-electron chi connectivity index (χ0n) is 18.5. The van der Waals surface area contributed by atoms with Crippen LogP contribution in [0.15, 0.2) is 47.4 Å². The fourth-order valence-corrected chi connectivity index (χ4v) is 6.02. The summed E-state index contributed by atoms with van der Waals surface area (Å²) in [5.74, 6) is -0.488. The number of nitrogens with one attached hydrogen (secondary N) is 2. The summed E-state index contributed by atoms with van der Waals surface area (Å²) in [6.07, 6.45) is 0.870. The van der Waals surface area contributed by atoms with Crippen molar-refractivity contribution in [1.82, 2.24) is 4.31 Å². The maximum absolute atomic E-state index is 13.0. The second kappa shape index (κ2) is 9.60. The van der Waals surface area contributed by atoms with E-state index < -0.39 is 20.0 Å². The minimum Gasteiger partial charge on any atom is -0.326 e. The first-order chi connectivity index (χ1) is 15.0. The molecule has 10 heteroatoms. The van der Waals surface area contributed by atoms with Crippen LogP contribution in [0.5, 0.6) is 0 Å². The molecule has 1 saturated heterocycles. The lowest BCUT2D eigenvalue weighted by Gasteiger charge is -2.31. The van der Waals surface area contributed by atoms with Crippen molar-refractivity contribution in [2.75, 3.05) is 28.9 Å². The second-order valence-corrected chi connectivity index (χ2v) is 11.9. The van der Waals surface area contributed by atoms with E-state index in [0.717, 1.165) is 11.1 Å². The molecular formula is C22H29N3O5S2. The molecule has 0 aromatic heterocycles. The second-order valence-electron chi connectivity index (χ2n) is 8.02. The number of amides is 1. The lowest BCUT2D eigenvalue weighted by molar-refractivity contribution is -0.120. The molecule has 0 unspecified atom stereocenters. The summed E-state index contributed by atoms with van der Waals surface area (Å²) in [5.41, 5.74) is 2.71. The summed E-state index contributed by atoms with van der Waals surface area (Å²) in [6.45, 7) is 5.83. The number of benzene rings is 2. The van der Waals surface area contributed by atoms with Crippen molar-refractivity contribution in [1.29, 1.82) is 0 Å². The molecule has 1 amide bonds. The normalized spacial score (nSPS) is 16.0. The van der Waals surface area contributed by atoms with Crippen molar-refractivity contribution in [2.24, 2.45) is 5.92 Å². The highest BCUT2D eigenvalue weighted by Gasteiger charge is 2.32. The van der Waals surface area contributed by atoms with Crippen molar-refractivity contribution in [3.8, 4) is 0 Å². The molecule has 8 nitrogen and oxygen atoms in total. The van der Waals surface area contributed by atoms with Crippen LogP contribution in [0.25, 0.3) is 0 Å². The number of carbonyl (C=O) groups excluding carboxylic acids is 1. The van der Waals surface area contributed by atoms with E-state index in [-0.39, 0.29) is 30.7 Å². The van der Waals surface area contributed by atoms with Gasteiger partial charge in [0, 0.05) is 30.4 Å². The Kier molecular flexibility index (Phi) is 7.26. The number of sulfonamides is 2. The van der Waals surface area contributed by atoms with Crippen molar-refractivity contribution >= 4 is 37.3 Å². The van der Waals surface area contributed by atoms with Gasteiger partial charge in [-0.2, -0.15) is 4.31 Å². The number of rotatable bonds is 7. The summed E-state index contributed by atoms with van der Waals surface area (Å²) >= 11 is 0. The van der Waals surface area contributed by atoms with Crippen molar-refractivity contribution in [3.63, 3.8) is 0 Å². The Morgan fingerprint density at radius 1 is 0.969 bits per heavy atom. The van der Waals surface area contributed by atoms with E-state index in [1.165, 1.54) is 4.31 Å². The van der Waals surface area contributed by atoms with Gasteiger partial charge >= 0.3 is 0 Å². The SMILES string of the molecule is CCS(=O)(=O)Nc1ccc(NC(=O)C2CCN(S(=O)(=O)c3ccc(C)cc3C)CC2)cc1. The highest BCUT2D eigenvalue weighted by atomic mass is 32.2. The van der Waals surface area contributed by atoms with Crippen molar-refractivity contribution in [3.05, 3.63) is 53.6 Å². The van der Waals surface area contributed by atoms with Gasteiger partial charge in [-0.1, -0.05) is 17.7 Å². The van der Waals surface area contributed by atoms with E-state index in [9.17, 15) is 21.6 Å². The topological polar surface area (TPSA) is 113 Å². The molecule has 2 aromatic rings. The van der Waals surface area contributed by atoms with E-state index in [0.29, 0.717) is 29.1 Å². The predicted molar refractivity (Wildman–Crippen MR) is 126 cm³/mol. The maximum Gasteiger partial charge on any atom is 0.243 e. The van der Waals surface area contributed by atoms with E-state index in [2.05, 4.69) is 10.0 Å². The number of nitrogens with zero attached hydrogens (tertiary/aromatic N) is 1. The first-order valence-corrected chi connectivity index (χ1v) is 13.6. The first kappa shape index (κ1) is 24.2. The molecule has 0 aliphatic carbocycles. The van der Waals surface area contributed by atoms with Crippen molar-refractivity contribution in [2.45, 2.75) is 38.5 Å². The van der Waals surface area contributed by atoms with Gasteiger partial charge in [0.05, 0.1) is 10.6 Å². The minimum atomic E-state index is -3.59. The van der Waals surface area contributed by atoms with Crippen LogP contribution in [-0.4, -0.2) is 45.9 Å². The van der Waals surface area contributed by atoms with Crippen LogP contribution in [0.4, 0.5) is 11.4 Å². The standard InChI is InChI=1S/C22H29N3O5S2/c1-4-31(27,28)24-20-8-6-19(7-9-20)23-22(26)18-11-13-25(14-12-18)32(29,30)21-10-5-16(2)15-17(21)3/h5-10,15,18,24H,4,11-14H2,1-3H3,(H,23,26). The monoisotopic (exact) mass is 479 g/mol. The summed E-state index contributed by atoms with van der Waals surface area (Å²) in [4.78, 5) is 13.0. The Hall–Kier alpha value is -2.43. The lowest BCUT2D eigenvalue weighted by atomic mass is 9.97. The van der Waals surface area contributed by atoms with Crippen LogP contribution in [0, 0.1) is 19.8 Å². The Bertz CT molecular complexity index is 1180. The number of hydrogen-bond donors (Lipinski definition) is 2. The molecule has 2 aromatic carbocycles. The Morgan fingerprint density at radius 2 is 1.56 bits per heavy atom. The Balaban J connectivity index is 1.58. The summed E-state index contributed by atoms with van der Waals surface area (Å²) in [5, 5.41) is 2.83. The van der Waals surface area contributed by atoms with Gasteiger partial charge in [-0.3, -0.25) is 9.52 Å². The molecule has 0 atom stereocenters. The molecule has 1 heterocycles. The zero-order chi connectivity index (χ0) is 23.5. The average Bonchev–Trinajstić information content (AvgIpc) is 2.74. The van der Waals surface area contributed by atoms with Gasteiger partial charge in [0.15, 0.2) is 0 Å². The van der Waals surface area contributed by atoms with Crippen LogP contribution < -0.4 is 10.0 Å². The van der Waals surface area contributed by atoms with Crippen LogP contribution in [0.1, 0.15) is 30.9 Å². The molecule has 32 heavy (non-hydrogen) atoms. The molecule has 3 rings (SSSR count). The highest BCUT2D eigenvalue weighted by molar-refractivity contribution is 7.92. The molecular weight excluding hydrogens is 450 g/mol.